The highest BCUT2D eigenvalue weighted by molar-refractivity contribution is 5.64. The normalized spacial score (nSPS) is 10.9. The minimum atomic E-state index is 0.239. The van der Waals surface area contributed by atoms with Crippen molar-refractivity contribution in [2.45, 2.75) is 27.2 Å². The molecule has 2 aromatic carbocycles. The van der Waals surface area contributed by atoms with Gasteiger partial charge in [-0.3, -0.25) is 0 Å². The highest BCUT2D eigenvalue weighted by Gasteiger charge is 2.09. The van der Waals surface area contributed by atoms with Gasteiger partial charge in [-0.25, -0.2) is 9.98 Å². The van der Waals surface area contributed by atoms with Gasteiger partial charge < -0.3 is 14.4 Å². The quantitative estimate of drug-likeness (QED) is 0.366. The molecule has 29 heavy (non-hydrogen) atoms. The lowest BCUT2D eigenvalue weighted by molar-refractivity contribution is 0.410. The highest BCUT2D eigenvalue weighted by Crippen LogP contribution is 2.31. The average molecular weight is 390 g/mol. The van der Waals surface area contributed by atoms with Gasteiger partial charge in [0.15, 0.2) is 0 Å². The van der Waals surface area contributed by atoms with Crippen molar-refractivity contribution in [1.29, 1.82) is 0 Å². The first-order valence-corrected chi connectivity index (χ1v) is 9.64. The first kappa shape index (κ1) is 20.3. The molecule has 0 spiro atoms. The molecule has 0 bridgehead atoms. The van der Waals surface area contributed by atoms with Crippen LogP contribution < -0.4 is 9.47 Å². The molecule has 3 aromatic rings. The fourth-order valence-electron chi connectivity index (χ4n) is 2.73. The lowest BCUT2D eigenvalue weighted by Gasteiger charge is -2.13. The van der Waals surface area contributed by atoms with E-state index in [1.807, 2.05) is 69.7 Å². The molecule has 0 aliphatic carbocycles. The zero-order valence-electron chi connectivity index (χ0n) is 17.3. The molecule has 0 unspecified atom stereocenters. The van der Waals surface area contributed by atoms with E-state index in [1.165, 1.54) is 0 Å². The number of hydrogen-bond donors (Lipinski definition) is 0. The number of aromatic nitrogens is 2. The third-order valence-electron chi connectivity index (χ3n) is 4.24. The molecule has 0 amide bonds. The number of ether oxygens (including phenoxy) is 2. The summed E-state index contributed by atoms with van der Waals surface area (Å²) in [5, 5.41) is 0. The standard InChI is InChI=1S/C23H26N4O2/c1-5-13-27(4)16-25-20-14-18(3)21(15-17(20)2)29-22-11-12-24-23(26-22)28-19-9-7-6-8-10-19/h6-12,14-16H,5,13H2,1-4H3. The fourth-order valence-corrected chi connectivity index (χ4v) is 2.73. The van der Waals surface area contributed by atoms with Crippen LogP contribution in [0.25, 0.3) is 0 Å². The summed E-state index contributed by atoms with van der Waals surface area (Å²) in [6.45, 7) is 7.13. The van der Waals surface area contributed by atoms with E-state index >= 15 is 0 Å². The van der Waals surface area contributed by atoms with Gasteiger partial charge in [-0.2, -0.15) is 4.98 Å². The van der Waals surface area contributed by atoms with Crippen LogP contribution in [0, 0.1) is 13.8 Å². The number of nitrogens with zero attached hydrogens (tertiary/aromatic N) is 4. The Morgan fingerprint density at radius 1 is 1.03 bits per heavy atom. The highest BCUT2D eigenvalue weighted by atomic mass is 16.5. The van der Waals surface area contributed by atoms with E-state index in [1.54, 1.807) is 12.3 Å². The van der Waals surface area contributed by atoms with Gasteiger partial charge in [0.25, 0.3) is 0 Å². The molecule has 0 saturated carbocycles. The molecule has 150 valence electrons. The Kier molecular flexibility index (Phi) is 6.79. The Morgan fingerprint density at radius 3 is 2.59 bits per heavy atom. The van der Waals surface area contributed by atoms with Gasteiger partial charge in [-0.15, -0.1) is 0 Å². The average Bonchev–Trinajstić information content (AvgIpc) is 2.71. The maximum atomic E-state index is 5.99. The van der Waals surface area contributed by atoms with Crippen LogP contribution in [0.5, 0.6) is 23.4 Å². The number of aryl methyl sites for hydroxylation is 2. The molecule has 0 saturated heterocycles. The number of para-hydroxylation sites is 1. The number of rotatable bonds is 8. The summed E-state index contributed by atoms with van der Waals surface area (Å²) >= 11 is 0. The Balaban J connectivity index is 1.75. The maximum absolute atomic E-state index is 5.99. The summed E-state index contributed by atoms with van der Waals surface area (Å²) in [7, 11) is 2.02. The van der Waals surface area contributed by atoms with Gasteiger partial charge in [0.1, 0.15) is 11.5 Å². The van der Waals surface area contributed by atoms with Crippen molar-refractivity contribution >= 4 is 12.0 Å². The number of benzene rings is 2. The monoisotopic (exact) mass is 390 g/mol. The third-order valence-corrected chi connectivity index (χ3v) is 4.24. The van der Waals surface area contributed by atoms with Gasteiger partial charge >= 0.3 is 6.01 Å². The molecule has 0 atom stereocenters. The molecule has 6 nitrogen and oxygen atoms in total. The van der Waals surface area contributed by atoms with Crippen molar-refractivity contribution in [2.24, 2.45) is 4.99 Å². The van der Waals surface area contributed by atoms with Crippen LogP contribution in [0.15, 0.2) is 59.7 Å². The van der Waals surface area contributed by atoms with Crippen molar-refractivity contribution in [3.8, 4) is 23.4 Å². The molecule has 0 radical (unpaired) electrons. The second-order valence-electron chi connectivity index (χ2n) is 6.82. The predicted molar refractivity (Wildman–Crippen MR) is 116 cm³/mol. The van der Waals surface area contributed by atoms with Gasteiger partial charge in [0.2, 0.25) is 5.88 Å². The van der Waals surface area contributed by atoms with Crippen LogP contribution >= 0.6 is 0 Å². The van der Waals surface area contributed by atoms with Gasteiger partial charge in [-0.05, 0) is 55.7 Å². The summed E-state index contributed by atoms with van der Waals surface area (Å²) in [6.07, 6.45) is 4.57. The molecule has 6 heteroatoms. The Hall–Kier alpha value is -3.41. The van der Waals surface area contributed by atoms with Crippen molar-refractivity contribution in [1.82, 2.24) is 14.9 Å². The summed E-state index contributed by atoms with van der Waals surface area (Å²) in [5.41, 5.74) is 2.93. The smallest absolute Gasteiger partial charge is 0.325 e. The van der Waals surface area contributed by atoms with Crippen LogP contribution in [-0.4, -0.2) is 34.8 Å². The van der Waals surface area contributed by atoms with E-state index in [4.69, 9.17) is 9.47 Å². The number of hydrogen-bond acceptors (Lipinski definition) is 5. The minimum absolute atomic E-state index is 0.239. The van der Waals surface area contributed by atoms with Crippen LogP contribution in [0.3, 0.4) is 0 Å². The maximum Gasteiger partial charge on any atom is 0.325 e. The zero-order chi connectivity index (χ0) is 20.6. The van der Waals surface area contributed by atoms with Gasteiger partial charge in [0, 0.05) is 25.9 Å². The topological polar surface area (TPSA) is 59.8 Å². The van der Waals surface area contributed by atoms with Crippen molar-refractivity contribution < 1.29 is 9.47 Å². The summed E-state index contributed by atoms with van der Waals surface area (Å²) in [6, 6.07) is 15.3. The van der Waals surface area contributed by atoms with E-state index in [0.717, 1.165) is 35.5 Å². The zero-order valence-corrected chi connectivity index (χ0v) is 17.3. The molecule has 0 aliphatic heterocycles. The molecule has 0 fully saturated rings. The van der Waals surface area contributed by atoms with Crippen LogP contribution in [0.2, 0.25) is 0 Å². The Labute approximate surface area is 171 Å². The van der Waals surface area contributed by atoms with E-state index in [-0.39, 0.29) is 6.01 Å². The second-order valence-corrected chi connectivity index (χ2v) is 6.82. The number of aliphatic imine (C=N–C) groups is 1. The van der Waals surface area contributed by atoms with Gasteiger partial charge in [0.05, 0.1) is 12.0 Å². The summed E-state index contributed by atoms with van der Waals surface area (Å²) in [5.74, 6) is 1.83. The molecule has 0 aliphatic rings. The van der Waals surface area contributed by atoms with Crippen LogP contribution in [0.4, 0.5) is 5.69 Å². The minimum Gasteiger partial charge on any atom is -0.439 e. The van der Waals surface area contributed by atoms with E-state index in [9.17, 15) is 0 Å². The lowest BCUT2D eigenvalue weighted by Crippen LogP contribution is -2.16. The Bertz CT molecular complexity index is 974. The first-order valence-electron chi connectivity index (χ1n) is 9.64. The predicted octanol–water partition coefficient (Wildman–Crippen LogP) is 5.68. The lowest BCUT2D eigenvalue weighted by atomic mass is 10.1. The molecular weight excluding hydrogens is 364 g/mol. The molecule has 1 aromatic heterocycles. The van der Waals surface area contributed by atoms with Gasteiger partial charge in [-0.1, -0.05) is 25.1 Å². The SMILES string of the molecule is CCCN(C)C=Nc1cc(C)c(Oc2ccnc(Oc3ccccc3)n2)cc1C. The fraction of sp³-hybridized carbons (Fsp3) is 0.261. The van der Waals surface area contributed by atoms with E-state index in [0.29, 0.717) is 11.6 Å². The van der Waals surface area contributed by atoms with E-state index < -0.39 is 0 Å². The second kappa shape index (κ2) is 9.68. The van der Waals surface area contributed by atoms with Crippen molar-refractivity contribution in [2.75, 3.05) is 13.6 Å². The molecule has 0 N–H and O–H groups in total. The van der Waals surface area contributed by atoms with Crippen LogP contribution in [0.1, 0.15) is 24.5 Å². The third kappa shape index (κ3) is 5.78. The molecule has 1 heterocycles. The van der Waals surface area contributed by atoms with E-state index in [2.05, 4.69) is 26.8 Å². The van der Waals surface area contributed by atoms with Crippen molar-refractivity contribution in [3.05, 3.63) is 65.9 Å². The molecule has 3 rings (SSSR count). The summed E-state index contributed by atoms with van der Waals surface area (Å²) in [4.78, 5) is 15.2. The summed E-state index contributed by atoms with van der Waals surface area (Å²) < 4.78 is 11.7. The van der Waals surface area contributed by atoms with Crippen molar-refractivity contribution in [3.63, 3.8) is 0 Å². The van der Waals surface area contributed by atoms with Crippen LogP contribution in [-0.2, 0) is 0 Å². The largest absolute Gasteiger partial charge is 0.439 e. The first-order chi connectivity index (χ1) is 14.0. The molecular formula is C23H26N4O2. The Morgan fingerprint density at radius 2 is 1.83 bits per heavy atom.